The van der Waals surface area contributed by atoms with Crippen molar-refractivity contribution in [2.75, 3.05) is 25.2 Å². The van der Waals surface area contributed by atoms with E-state index in [1.807, 2.05) is 30.3 Å². The van der Waals surface area contributed by atoms with Crippen molar-refractivity contribution in [1.82, 2.24) is 20.5 Å². The van der Waals surface area contributed by atoms with Crippen LogP contribution in [0, 0.1) is 0 Å². The van der Waals surface area contributed by atoms with Crippen LogP contribution >= 0.6 is 0 Å². The van der Waals surface area contributed by atoms with Crippen LogP contribution in [0.2, 0.25) is 0 Å². The summed E-state index contributed by atoms with van der Waals surface area (Å²) in [5.41, 5.74) is 2.99. The average molecular weight is 446 g/mol. The second kappa shape index (κ2) is 8.19. The maximum atomic E-state index is 10.8. The van der Waals surface area contributed by atoms with Gasteiger partial charge in [-0.25, -0.2) is 4.98 Å². The van der Waals surface area contributed by atoms with E-state index in [-0.39, 0.29) is 5.75 Å². The first-order chi connectivity index (χ1) is 16.2. The number of ether oxygens (including phenoxy) is 2. The van der Waals surface area contributed by atoms with E-state index >= 15 is 0 Å². The minimum atomic E-state index is 0.139. The summed E-state index contributed by atoms with van der Waals surface area (Å²) >= 11 is 0. The van der Waals surface area contributed by atoms with Crippen molar-refractivity contribution in [2.45, 2.75) is 43.8 Å². The van der Waals surface area contributed by atoms with Crippen LogP contribution in [0.15, 0.2) is 42.6 Å². The fourth-order valence-electron chi connectivity index (χ4n) is 5.43. The maximum absolute atomic E-state index is 10.8. The number of hydrogen-bond donors (Lipinski definition) is 2. The number of nitrogens with zero attached hydrogens (tertiary/aromatic N) is 4. The largest absolute Gasteiger partial charge is 0.507 e. The quantitative estimate of drug-likeness (QED) is 0.631. The number of anilines is 1. The van der Waals surface area contributed by atoms with Crippen molar-refractivity contribution in [3.8, 4) is 39.8 Å². The zero-order chi connectivity index (χ0) is 22.4. The number of methoxy groups -OCH3 is 1. The van der Waals surface area contributed by atoms with Crippen LogP contribution in [0.3, 0.4) is 0 Å². The molecule has 0 saturated carbocycles. The Morgan fingerprint density at radius 1 is 1.06 bits per heavy atom. The Morgan fingerprint density at radius 3 is 2.67 bits per heavy atom. The summed E-state index contributed by atoms with van der Waals surface area (Å²) in [7, 11) is 1.58. The van der Waals surface area contributed by atoms with Gasteiger partial charge in [0.05, 0.1) is 13.7 Å². The van der Waals surface area contributed by atoms with Gasteiger partial charge in [-0.3, -0.25) is 0 Å². The Morgan fingerprint density at radius 2 is 1.88 bits per heavy atom. The lowest BCUT2D eigenvalue weighted by molar-refractivity contribution is 0.274. The van der Waals surface area contributed by atoms with Gasteiger partial charge in [0.2, 0.25) is 5.88 Å². The second-order valence-electron chi connectivity index (χ2n) is 9.04. The van der Waals surface area contributed by atoms with Crippen molar-refractivity contribution in [1.29, 1.82) is 0 Å². The minimum absolute atomic E-state index is 0.139. The lowest BCUT2D eigenvalue weighted by atomic mass is 9.97. The smallest absolute Gasteiger partial charge is 0.213 e. The van der Waals surface area contributed by atoms with Crippen LogP contribution in [0.4, 0.5) is 5.82 Å². The van der Waals surface area contributed by atoms with Gasteiger partial charge in [-0.05, 0) is 55.0 Å². The normalized spacial score (nSPS) is 23.7. The van der Waals surface area contributed by atoms with E-state index in [4.69, 9.17) is 9.47 Å². The van der Waals surface area contributed by atoms with Crippen LogP contribution in [-0.2, 0) is 0 Å². The number of phenolic OH excluding ortho intramolecular Hbond substituents is 1. The molecule has 5 heterocycles. The fourth-order valence-corrected chi connectivity index (χ4v) is 5.43. The number of aromatic hydroxyl groups is 1. The molecular weight excluding hydrogens is 418 g/mol. The topological polar surface area (TPSA) is 92.6 Å². The van der Waals surface area contributed by atoms with E-state index in [0.29, 0.717) is 41.9 Å². The first kappa shape index (κ1) is 20.2. The van der Waals surface area contributed by atoms with Crippen molar-refractivity contribution in [3.05, 3.63) is 42.6 Å². The number of nitrogens with one attached hydrogen (secondary N) is 1. The summed E-state index contributed by atoms with van der Waals surface area (Å²) in [4.78, 5) is 6.52. The molecule has 2 fully saturated rings. The number of pyridine rings is 1. The molecule has 3 aromatic rings. The molecule has 0 radical (unpaired) electrons. The number of hydrogen-bond acceptors (Lipinski definition) is 8. The maximum Gasteiger partial charge on any atom is 0.213 e. The molecule has 33 heavy (non-hydrogen) atoms. The minimum Gasteiger partial charge on any atom is -0.507 e. The molecule has 3 atom stereocenters. The lowest BCUT2D eigenvalue weighted by Gasteiger charge is -2.40. The van der Waals surface area contributed by atoms with Crippen LogP contribution in [-0.4, -0.2) is 58.7 Å². The zero-order valence-corrected chi connectivity index (χ0v) is 18.6. The summed E-state index contributed by atoms with van der Waals surface area (Å²) in [5.74, 6) is 2.22. The van der Waals surface area contributed by atoms with Crippen molar-refractivity contribution in [2.24, 2.45) is 0 Å². The van der Waals surface area contributed by atoms with Crippen molar-refractivity contribution >= 4 is 5.82 Å². The highest BCUT2D eigenvalue weighted by molar-refractivity contribution is 5.75. The van der Waals surface area contributed by atoms with Gasteiger partial charge in [0.25, 0.3) is 0 Å². The van der Waals surface area contributed by atoms with E-state index < -0.39 is 0 Å². The summed E-state index contributed by atoms with van der Waals surface area (Å²) in [6.45, 7) is 1.46. The standard InChI is InChI=1S/C25H27N5O3/c1-32-24-11-16(6-7-26-24)15-2-5-20(22(31)10-15)21-14-23-25(29-28-21)30(8-9-33-23)19-12-17-3-4-18(13-19)27-17/h2,5-7,10-11,14,17-19,27,31H,3-4,8-9,12-13H2,1H3/t17-,18+,19?. The fraction of sp³-hybridized carbons (Fsp3) is 0.400. The van der Waals surface area contributed by atoms with Gasteiger partial charge in [-0.15, -0.1) is 10.2 Å². The Balaban J connectivity index is 1.28. The van der Waals surface area contributed by atoms with E-state index in [0.717, 1.165) is 42.1 Å². The number of rotatable bonds is 4. The molecule has 0 spiro atoms. The molecule has 8 heteroatoms. The molecule has 6 rings (SSSR count). The molecule has 2 bridgehead atoms. The number of fused-ring (bicyclic) bond motifs is 3. The first-order valence-electron chi connectivity index (χ1n) is 11.5. The first-order valence-corrected chi connectivity index (χ1v) is 11.5. The third-order valence-corrected chi connectivity index (χ3v) is 7.04. The molecule has 2 saturated heterocycles. The van der Waals surface area contributed by atoms with Crippen molar-refractivity contribution in [3.63, 3.8) is 0 Å². The van der Waals surface area contributed by atoms with Crippen LogP contribution in [0.25, 0.3) is 22.4 Å². The van der Waals surface area contributed by atoms with Gasteiger partial charge in [0.1, 0.15) is 18.1 Å². The van der Waals surface area contributed by atoms with Gasteiger partial charge in [-0.2, -0.15) is 0 Å². The highest BCUT2D eigenvalue weighted by Crippen LogP contribution is 2.39. The van der Waals surface area contributed by atoms with Gasteiger partial charge in [0, 0.05) is 42.0 Å². The molecular formula is C25H27N5O3. The van der Waals surface area contributed by atoms with Gasteiger partial charge < -0.3 is 24.8 Å². The SMILES string of the molecule is COc1cc(-c2ccc(-c3cc4c(nn3)N(C3C[C@H]5CC[C@@H](C3)N5)CCO4)c(O)c2)ccn1. The Labute approximate surface area is 192 Å². The number of aromatic nitrogens is 3. The summed E-state index contributed by atoms with van der Waals surface area (Å²) in [6, 6.07) is 12.8. The highest BCUT2D eigenvalue weighted by Gasteiger charge is 2.38. The number of benzene rings is 1. The summed E-state index contributed by atoms with van der Waals surface area (Å²) in [6.07, 6.45) is 6.50. The molecule has 1 unspecified atom stereocenters. The van der Waals surface area contributed by atoms with Gasteiger partial charge in [0.15, 0.2) is 11.6 Å². The summed E-state index contributed by atoms with van der Waals surface area (Å²) in [5, 5.41) is 23.5. The molecule has 0 aliphatic carbocycles. The molecule has 2 aromatic heterocycles. The molecule has 3 aliphatic rings. The van der Waals surface area contributed by atoms with Crippen LogP contribution in [0.5, 0.6) is 17.4 Å². The second-order valence-corrected chi connectivity index (χ2v) is 9.04. The lowest BCUT2D eigenvalue weighted by Crippen LogP contribution is -2.50. The van der Waals surface area contributed by atoms with Gasteiger partial charge in [-0.1, -0.05) is 6.07 Å². The van der Waals surface area contributed by atoms with Crippen LogP contribution < -0.4 is 19.7 Å². The average Bonchev–Trinajstić information content (AvgIpc) is 3.20. The van der Waals surface area contributed by atoms with E-state index in [9.17, 15) is 5.11 Å². The van der Waals surface area contributed by atoms with E-state index in [1.165, 1.54) is 12.8 Å². The molecule has 0 amide bonds. The van der Waals surface area contributed by atoms with Crippen LogP contribution in [0.1, 0.15) is 25.7 Å². The molecule has 2 N–H and O–H groups in total. The Bertz CT molecular complexity index is 1170. The van der Waals surface area contributed by atoms with E-state index in [2.05, 4.69) is 25.4 Å². The summed E-state index contributed by atoms with van der Waals surface area (Å²) < 4.78 is 11.2. The molecule has 3 aliphatic heterocycles. The Kier molecular flexibility index (Phi) is 5.02. The van der Waals surface area contributed by atoms with E-state index in [1.54, 1.807) is 19.4 Å². The third-order valence-electron chi connectivity index (χ3n) is 7.04. The monoisotopic (exact) mass is 445 g/mol. The predicted octanol–water partition coefficient (Wildman–Crippen LogP) is 3.40. The van der Waals surface area contributed by atoms with Gasteiger partial charge >= 0.3 is 0 Å². The highest BCUT2D eigenvalue weighted by atomic mass is 16.5. The molecule has 170 valence electrons. The third kappa shape index (κ3) is 3.74. The number of piperidine rings is 1. The molecule has 8 nitrogen and oxygen atoms in total. The zero-order valence-electron chi connectivity index (χ0n) is 18.6. The number of phenols is 1. The Hall–Kier alpha value is -3.39. The van der Waals surface area contributed by atoms with Crippen molar-refractivity contribution < 1.29 is 14.6 Å². The molecule has 1 aromatic carbocycles. The predicted molar refractivity (Wildman–Crippen MR) is 125 cm³/mol.